The lowest BCUT2D eigenvalue weighted by Crippen LogP contribution is -2.54. The summed E-state index contributed by atoms with van der Waals surface area (Å²) in [6.07, 6.45) is 7.06. The molecule has 0 unspecified atom stereocenters. The van der Waals surface area contributed by atoms with E-state index in [1.807, 2.05) is 0 Å². The zero-order valence-corrected chi connectivity index (χ0v) is 12.0. The Morgan fingerprint density at radius 2 is 1.88 bits per heavy atom. The lowest BCUT2D eigenvalue weighted by molar-refractivity contribution is 0.00341. The highest BCUT2D eigenvalue weighted by Crippen LogP contribution is 2.49. The fourth-order valence-corrected chi connectivity index (χ4v) is 3.61. The molecule has 0 aromatic rings. The molecular formula is C15H30N2. The van der Waals surface area contributed by atoms with Crippen LogP contribution in [0.3, 0.4) is 0 Å². The Hall–Kier alpha value is -0.0800. The summed E-state index contributed by atoms with van der Waals surface area (Å²) in [5, 5.41) is 3.67. The van der Waals surface area contributed by atoms with E-state index in [1.165, 1.54) is 58.3 Å². The topological polar surface area (TPSA) is 15.3 Å². The Labute approximate surface area is 107 Å². The van der Waals surface area contributed by atoms with Gasteiger partial charge in [0, 0.05) is 12.6 Å². The van der Waals surface area contributed by atoms with E-state index in [9.17, 15) is 0 Å². The highest BCUT2D eigenvalue weighted by Gasteiger charge is 2.45. The molecule has 1 N–H and O–H groups in total. The van der Waals surface area contributed by atoms with Crippen molar-refractivity contribution < 1.29 is 0 Å². The van der Waals surface area contributed by atoms with Gasteiger partial charge in [0.2, 0.25) is 0 Å². The van der Waals surface area contributed by atoms with Gasteiger partial charge in [0.25, 0.3) is 0 Å². The number of hydrogen-bond acceptors (Lipinski definition) is 2. The van der Waals surface area contributed by atoms with E-state index in [0.717, 1.165) is 17.4 Å². The van der Waals surface area contributed by atoms with Crippen LogP contribution in [0.15, 0.2) is 0 Å². The Morgan fingerprint density at radius 3 is 2.41 bits per heavy atom. The second kappa shape index (κ2) is 5.71. The van der Waals surface area contributed by atoms with Crippen molar-refractivity contribution in [1.29, 1.82) is 0 Å². The van der Waals surface area contributed by atoms with Gasteiger partial charge in [-0.1, -0.05) is 20.8 Å². The molecule has 0 amide bonds. The van der Waals surface area contributed by atoms with E-state index in [1.54, 1.807) is 0 Å². The van der Waals surface area contributed by atoms with Crippen molar-refractivity contribution in [3.05, 3.63) is 0 Å². The summed E-state index contributed by atoms with van der Waals surface area (Å²) < 4.78 is 0. The fourth-order valence-electron chi connectivity index (χ4n) is 3.61. The lowest BCUT2D eigenvalue weighted by atomic mass is 9.60. The molecule has 1 heterocycles. The van der Waals surface area contributed by atoms with Crippen molar-refractivity contribution >= 4 is 0 Å². The molecule has 17 heavy (non-hydrogen) atoms. The second-order valence-corrected chi connectivity index (χ2v) is 6.75. The van der Waals surface area contributed by atoms with Gasteiger partial charge < -0.3 is 10.2 Å². The van der Waals surface area contributed by atoms with Crippen molar-refractivity contribution in [2.45, 2.75) is 58.9 Å². The standard InChI is InChI=1S/C15H30N2/c1-4-7-16-14-10-15(11-14)5-8-17(9-6-15)12-13(2)3/h13-14,16H,4-12H2,1-3H3. The first-order valence-electron chi connectivity index (χ1n) is 7.59. The number of hydrogen-bond donors (Lipinski definition) is 1. The Kier molecular flexibility index (Phi) is 4.48. The van der Waals surface area contributed by atoms with Crippen LogP contribution in [0.25, 0.3) is 0 Å². The minimum Gasteiger partial charge on any atom is -0.314 e. The number of nitrogens with one attached hydrogen (secondary N) is 1. The normalized spacial score (nSPS) is 25.4. The van der Waals surface area contributed by atoms with Crippen LogP contribution in [0, 0.1) is 11.3 Å². The summed E-state index contributed by atoms with van der Waals surface area (Å²) in [5.41, 5.74) is 0.735. The van der Waals surface area contributed by atoms with Crippen LogP contribution in [0.4, 0.5) is 0 Å². The Bertz CT molecular complexity index is 221. The molecule has 1 aliphatic carbocycles. The predicted octanol–water partition coefficient (Wildman–Crippen LogP) is 2.89. The average molecular weight is 238 g/mol. The summed E-state index contributed by atoms with van der Waals surface area (Å²) in [6.45, 7) is 12.1. The third-order valence-electron chi connectivity index (χ3n) is 4.58. The number of nitrogens with zero attached hydrogens (tertiary/aromatic N) is 1. The summed E-state index contributed by atoms with van der Waals surface area (Å²) >= 11 is 0. The lowest BCUT2D eigenvalue weighted by Gasteiger charge is -2.52. The smallest absolute Gasteiger partial charge is 0.00776 e. The van der Waals surface area contributed by atoms with E-state index in [-0.39, 0.29) is 0 Å². The first-order valence-corrected chi connectivity index (χ1v) is 7.59. The number of piperidine rings is 1. The van der Waals surface area contributed by atoms with Gasteiger partial charge in [-0.25, -0.2) is 0 Å². The fraction of sp³-hybridized carbons (Fsp3) is 1.00. The summed E-state index contributed by atoms with van der Waals surface area (Å²) in [5.74, 6) is 0.824. The molecule has 2 aliphatic rings. The molecule has 100 valence electrons. The molecule has 0 aromatic heterocycles. The molecule has 1 aliphatic heterocycles. The molecule has 0 bridgehead atoms. The average Bonchev–Trinajstić information content (AvgIpc) is 2.25. The Morgan fingerprint density at radius 1 is 1.24 bits per heavy atom. The van der Waals surface area contributed by atoms with E-state index in [4.69, 9.17) is 0 Å². The molecule has 1 saturated carbocycles. The van der Waals surface area contributed by atoms with Crippen LogP contribution in [0.1, 0.15) is 52.9 Å². The molecule has 2 heteroatoms. The maximum Gasteiger partial charge on any atom is 0.00776 e. The van der Waals surface area contributed by atoms with Crippen molar-refractivity contribution in [1.82, 2.24) is 10.2 Å². The van der Waals surface area contributed by atoms with Crippen molar-refractivity contribution in [2.24, 2.45) is 11.3 Å². The minimum atomic E-state index is 0.735. The van der Waals surface area contributed by atoms with Crippen LogP contribution in [-0.4, -0.2) is 37.1 Å². The van der Waals surface area contributed by atoms with Crippen molar-refractivity contribution in [2.75, 3.05) is 26.2 Å². The molecule has 0 aromatic carbocycles. The maximum absolute atomic E-state index is 3.67. The van der Waals surface area contributed by atoms with E-state index >= 15 is 0 Å². The summed E-state index contributed by atoms with van der Waals surface area (Å²) in [6, 6.07) is 0.839. The zero-order valence-electron chi connectivity index (χ0n) is 12.0. The van der Waals surface area contributed by atoms with Crippen LogP contribution in [0.2, 0.25) is 0 Å². The van der Waals surface area contributed by atoms with Gasteiger partial charge in [0.1, 0.15) is 0 Å². The SMILES string of the molecule is CCCNC1CC2(CCN(CC(C)C)CC2)C1. The highest BCUT2D eigenvalue weighted by atomic mass is 15.1. The van der Waals surface area contributed by atoms with Gasteiger partial charge in [0.15, 0.2) is 0 Å². The van der Waals surface area contributed by atoms with Crippen molar-refractivity contribution in [3.8, 4) is 0 Å². The summed E-state index contributed by atoms with van der Waals surface area (Å²) in [7, 11) is 0. The maximum atomic E-state index is 3.67. The van der Waals surface area contributed by atoms with Gasteiger partial charge in [-0.3, -0.25) is 0 Å². The summed E-state index contributed by atoms with van der Waals surface area (Å²) in [4.78, 5) is 2.67. The first kappa shape index (κ1) is 13.4. The number of likely N-dealkylation sites (tertiary alicyclic amines) is 1. The van der Waals surface area contributed by atoms with Crippen LogP contribution in [0.5, 0.6) is 0 Å². The second-order valence-electron chi connectivity index (χ2n) is 6.75. The highest BCUT2D eigenvalue weighted by molar-refractivity contribution is 5.00. The van der Waals surface area contributed by atoms with E-state index in [0.29, 0.717) is 0 Å². The van der Waals surface area contributed by atoms with Crippen LogP contribution < -0.4 is 5.32 Å². The number of rotatable bonds is 5. The quantitative estimate of drug-likeness (QED) is 0.792. The molecule has 0 atom stereocenters. The molecule has 1 spiro atoms. The van der Waals surface area contributed by atoms with Gasteiger partial charge in [0.05, 0.1) is 0 Å². The van der Waals surface area contributed by atoms with Gasteiger partial charge >= 0.3 is 0 Å². The third-order valence-corrected chi connectivity index (χ3v) is 4.58. The molecule has 2 rings (SSSR count). The predicted molar refractivity (Wildman–Crippen MR) is 74.3 cm³/mol. The first-order chi connectivity index (χ1) is 8.13. The van der Waals surface area contributed by atoms with Gasteiger partial charge in [-0.15, -0.1) is 0 Å². The van der Waals surface area contributed by atoms with Crippen LogP contribution in [-0.2, 0) is 0 Å². The van der Waals surface area contributed by atoms with Crippen LogP contribution >= 0.6 is 0 Å². The molecule has 0 radical (unpaired) electrons. The molecular weight excluding hydrogens is 208 g/mol. The zero-order chi connectivity index (χ0) is 12.3. The van der Waals surface area contributed by atoms with E-state index in [2.05, 4.69) is 31.0 Å². The third kappa shape index (κ3) is 3.45. The van der Waals surface area contributed by atoms with Gasteiger partial charge in [-0.05, 0) is 63.1 Å². The van der Waals surface area contributed by atoms with E-state index < -0.39 is 0 Å². The minimum absolute atomic E-state index is 0.735. The molecule has 1 saturated heterocycles. The van der Waals surface area contributed by atoms with Gasteiger partial charge in [-0.2, -0.15) is 0 Å². The largest absolute Gasteiger partial charge is 0.314 e. The Balaban J connectivity index is 1.66. The monoisotopic (exact) mass is 238 g/mol. The molecule has 2 fully saturated rings. The van der Waals surface area contributed by atoms with Crippen molar-refractivity contribution in [3.63, 3.8) is 0 Å². The molecule has 2 nitrogen and oxygen atoms in total.